The van der Waals surface area contributed by atoms with Crippen molar-refractivity contribution in [2.45, 2.75) is 37.0 Å². The number of nitrogens with one attached hydrogen (secondary N) is 2. The Morgan fingerprint density at radius 1 is 1.31 bits per heavy atom. The predicted molar refractivity (Wildman–Crippen MR) is 95.7 cm³/mol. The van der Waals surface area contributed by atoms with E-state index in [1.54, 1.807) is 0 Å². The molecule has 29 heavy (non-hydrogen) atoms. The largest absolute Gasteiger partial charge is 0.480 e. The molecule has 1 saturated heterocycles. The number of hydrogen-bond acceptors (Lipinski definition) is 10. The molecule has 3 aromatic heterocycles. The Balaban J connectivity index is 1.63. The van der Waals surface area contributed by atoms with Crippen molar-refractivity contribution in [2.24, 2.45) is 0 Å². The van der Waals surface area contributed by atoms with E-state index in [4.69, 9.17) is 4.74 Å². The van der Waals surface area contributed by atoms with Crippen LogP contribution in [0.25, 0.3) is 11.2 Å². The van der Waals surface area contributed by atoms with Crippen LogP contribution in [0.5, 0.6) is 0 Å². The minimum Gasteiger partial charge on any atom is -0.480 e. The molecule has 13 nitrogen and oxygen atoms in total. The Bertz CT molecular complexity index is 993. The van der Waals surface area contributed by atoms with Gasteiger partial charge in [-0.25, -0.2) is 24.7 Å². The Labute approximate surface area is 163 Å². The summed E-state index contributed by atoms with van der Waals surface area (Å²) < 4.78 is 6.90. The number of anilines is 1. The molecule has 13 heteroatoms. The summed E-state index contributed by atoms with van der Waals surface area (Å²) in [5.41, 5.74) is 1.16. The molecule has 4 heterocycles. The third-order valence-electron chi connectivity index (χ3n) is 4.74. The number of aromatic amines is 1. The van der Waals surface area contributed by atoms with Crippen LogP contribution in [0.3, 0.4) is 0 Å². The number of fused-ring (bicyclic) bond motifs is 1. The van der Waals surface area contributed by atoms with Crippen molar-refractivity contribution in [3.63, 3.8) is 0 Å². The Kier molecular flexibility index (Phi) is 5.10. The fourth-order valence-electron chi connectivity index (χ4n) is 3.23. The lowest BCUT2D eigenvalue weighted by Gasteiger charge is -2.17. The van der Waals surface area contributed by atoms with Gasteiger partial charge >= 0.3 is 5.97 Å². The maximum Gasteiger partial charge on any atom is 0.326 e. The highest BCUT2D eigenvalue weighted by molar-refractivity contribution is 5.86. The predicted octanol–water partition coefficient (Wildman–Crippen LogP) is -1.73. The summed E-state index contributed by atoms with van der Waals surface area (Å²) in [7, 11) is 0. The molecular weight excluding hydrogens is 386 g/mol. The average molecular weight is 405 g/mol. The Morgan fingerprint density at radius 2 is 2.14 bits per heavy atom. The first-order chi connectivity index (χ1) is 14.0. The van der Waals surface area contributed by atoms with E-state index in [1.165, 1.54) is 29.7 Å². The molecule has 1 aliphatic rings. The molecule has 0 spiro atoms. The van der Waals surface area contributed by atoms with Crippen molar-refractivity contribution in [2.75, 3.05) is 11.9 Å². The van der Waals surface area contributed by atoms with E-state index in [2.05, 4.69) is 30.2 Å². The van der Waals surface area contributed by atoms with Crippen LogP contribution in [-0.4, -0.2) is 86.8 Å². The summed E-state index contributed by atoms with van der Waals surface area (Å²) in [6.07, 6.45) is 1.15. The SMILES string of the molecule is O=C(O)C(Cc1cnc[nH]1)Nc1ncnc2c1ncn2C1OC(CO)C(O)C1O. The third kappa shape index (κ3) is 3.51. The molecule has 0 saturated carbocycles. The highest BCUT2D eigenvalue weighted by Gasteiger charge is 2.44. The fraction of sp³-hybridized carbons (Fsp3) is 0.438. The summed E-state index contributed by atoms with van der Waals surface area (Å²) in [6, 6.07) is -1.01. The van der Waals surface area contributed by atoms with Crippen molar-refractivity contribution < 1.29 is 30.0 Å². The number of H-pyrrole nitrogens is 1. The quantitative estimate of drug-likeness (QED) is 0.262. The van der Waals surface area contributed by atoms with Crippen LogP contribution in [0.2, 0.25) is 0 Å². The number of aliphatic hydroxyl groups is 3. The minimum atomic E-state index is -1.30. The molecule has 5 atom stereocenters. The van der Waals surface area contributed by atoms with Gasteiger partial charge in [-0.1, -0.05) is 0 Å². The van der Waals surface area contributed by atoms with E-state index in [0.29, 0.717) is 5.69 Å². The number of aliphatic hydroxyl groups excluding tert-OH is 3. The van der Waals surface area contributed by atoms with Crippen LogP contribution in [-0.2, 0) is 16.0 Å². The molecule has 1 fully saturated rings. The first-order valence-corrected chi connectivity index (χ1v) is 8.76. The number of carboxylic acids is 1. The Hall–Kier alpha value is -3.13. The second-order valence-corrected chi connectivity index (χ2v) is 6.59. The summed E-state index contributed by atoms with van der Waals surface area (Å²) in [5, 5.41) is 41.8. The monoisotopic (exact) mass is 405 g/mol. The number of ether oxygens (including phenoxy) is 1. The van der Waals surface area contributed by atoms with Gasteiger partial charge in [-0.2, -0.15) is 0 Å². The molecule has 0 radical (unpaired) electrons. The number of carbonyl (C=O) groups is 1. The first-order valence-electron chi connectivity index (χ1n) is 8.76. The van der Waals surface area contributed by atoms with Gasteiger partial charge in [0.25, 0.3) is 0 Å². The number of hydrogen-bond donors (Lipinski definition) is 6. The lowest BCUT2D eigenvalue weighted by atomic mass is 10.1. The maximum atomic E-state index is 11.7. The van der Waals surface area contributed by atoms with Gasteiger partial charge in [-0.3, -0.25) is 4.57 Å². The third-order valence-corrected chi connectivity index (χ3v) is 4.74. The van der Waals surface area contributed by atoms with E-state index in [-0.39, 0.29) is 23.4 Å². The number of nitrogens with zero attached hydrogens (tertiary/aromatic N) is 5. The smallest absolute Gasteiger partial charge is 0.326 e. The van der Waals surface area contributed by atoms with Gasteiger partial charge in [0.05, 0.1) is 19.3 Å². The number of carboxylic acid groups (broad SMARTS) is 1. The average Bonchev–Trinajstić information content (AvgIpc) is 3.42. The van der Waals surface area contributed by atoms with E-state index in [0.717, 1.165) is 0 Å². The van der Waals surface area contributed by atoms with Crippen molar-refractivity contribution in [1.29, 1.82) is 0 Å². The number of aliphatic carboxylic acids is 1. The molecule has 0 aliphatic carbocycles. The summed E-state index contributed by atoms with van der Waals surface area (Å²) >= 11 is 0. The molecule has 0 aromatic carbocycles. The zero-order valence-corrected chi connectivity index (χ0v) is 15.0. The van der Waals surface area contributed by atoms with E-state index < -0.39 is 43.2 Å². The van der Waals surface area contributed by atoms with Gasteiger partial charge in [0.15, 0.2) is 23.2 Å². The molecule has 3 aromatic rings. The first kappa shape index (κ1) is 19.2. The van der Waals surface area contributed by atoms with Crippen LogP contribution >= 0.6 is 0 Å². The van der Waals surface area contributed by atoms with Crippen molar-refractivity contribution in [1.82, 2.24) is 29.5 Å². The van der Waals surface area contributed by atoms with Gasteiger partial charge in [0, 0.05) is 18.3 Å². The van der Waals surface area contributed by atoms with E-state index >= 15 is 0 Å². The topological polar surface area (TPSA) is 192 Å². The lowest BCUT2D eigenvalue weighted by molar-refractivity contribution is -0.137. The van der Waals surface area contributed by atoms with Crippen LogP contribution in [0, 0.1) is 0 Å². The van der Waals surface area contributed by atoms with Gasteiger partial charge in [0.1, 0.15) is 30.7 Å². The second-order valence-electron chi connectivity index (χ2n) is 6.59. The van der Waals surface area contributed by atoms with Crippen LogP contribution < -0.4 is 5.32 Å². The second kappa shape index (κ2) is 7.71. The van der Waals surface area contributed by atoms with Crippen LogP contribution in [0.15, 0.2) is 25.2 Å². The van der Waals surface area contributed by atoms with Crippen LogP contribution in [0.1, 0.15) is 11.9 Å². The molecule has 154 valence electrons. The normalized spacial score (nSPS) is 25.3. The number of rotatable bonds is 7. The van der Waals surface area contributed by atoms with Gasteiger partial charge in [-0.05, 0) is 0 Å². The molecule has 5 unspecified atom stereocenters. The van der Waals surface area contributed by atoms with Crippen molar-refractivity contribution in [3.8, 4) is 0 Å². The van der Waals surface area contributed by atoms with Gasteiger partial charge in [0.2, 0.25) is 0 Å². The lowest BCUT2D eigenvalue weighted by Crippen LogP contribution is -2.33. The van der Waals surface area contributed by atoms with E-state index in [9.17, 15) is 25.2 Å². The summed E-state index contributed by atoms with van der Waals surface area (Å²) in [5.74, 6) is -0.901. The van der Waals surface area contributed by atoms with Gasteiger partial charge in [-0.15, -0.1) is 0 Å². The maximum absolute atomic E-state index is 11.7. The standard InChI is InChI=1S/C16H19N7O6/c24-3-9-11(25)12(26)15(29-9)23-6-21-10-13(19-5-20-14(10)23)22-8(16(27)28)1-7-2-17-4-18-7/h2,4-6,8-9,11-12,15,24-26H,1,3H2,(H,17,18)(H,27,28)(H,19,20,22). The summed E-state index contributed by atoms with van der Waals surface area (Å²) in [6.45, 7) is -0.461. The minimum absolute atomic E-state index is 0.135. The molecule has 6 N–H and O–H groups in total. The Morgan fingerprint density at radius 3 is 2.79 bits per heavy atom. The van der Waals surface area contributed by atoms with Crippen molar-refractivity contribution in [3.05, 3.63) is 30.9 Å². The number of aromatic nitrogens is 6. The highest BCUT2D eigenvalue weighted by Crippen LogP contribution is 2.32. The molecule has 1 aliphatic heterocycles. The molecular formula is C16H19N7O6. The summed E-state index contributed by atoms with van der Waals surface area (Å²) in [4.78, 5) is 30.8. The number of imidazole rings is 2. The molecule has 4 rings (SSSR count). The highest BCUT2D eigenvalue weighted by atomic mass is 16.6. The zero-order valence-electron chi connectivity index (χ0n) is 15.0. The van der Waals surface area contributed by atoms with Crippen LogP contribution in [0.4, 0.5) is 5.82 Å². The zero-order chi connectivity index (χ0) is 20.5. The molecule has 0 amide bonds. The molecule has 0 bridgehead atoms. The van der Waals surface area contributed by atoms with Gasteiger partial charge < -0.3 is 35.5 Å². The van der Waals surface area contributed by atoms with E-state index in [1.807, 2.05) is 0 Å². The fourth-order valence-corrected chi connectivity index (χ4v) is 3.23. The van der Waals surface area contributed by atoms with Crippen molar-refractivity contribution >= 4 is 23.0 Å².